The number of hydrogen-bond donors (Lipinski definition) is 1. The molecule has 3 aromatic rings. The van der Waals surface area contributed by atoms with Crippen LogP contribution in [0.2, 0.25) is 0 Å². The summed E-state index contributed by atoms with van der Waals surface area (Å²) in [7, 11) is 4.06. The summed E-state index contributed by atoms with van der Waals surface area (Å²) in [5.41, 5.74) is 1.90. The van der Waals surface area contributed by atoms with Gasteiger partial charge in [-0.05, 0) is 19.2 Å². The van der Waals surface area contributed by atoms with Crippen LogP contribution >= 0.6 is 0 Å². The highest BCUT2D eigenvalue weighted by atomic mass is 15.4. The Morgan fingerprint density at radius 3 is 2.59 bits per heavy atom. The molecule has 1 N–H and O–H groups in total. The first-order valence-corrected chi connectivity index (χ1v) is 9.70. The van der Waals surface area contributed by atoms with E-state index in [0.717, 1.165) is 49.2 Å². The fraction of sp³-hybridized carbons (Fsp3) is 0.368. The van der Waals surface area contributed by atoms with E-state index in [1.807, 2.05) is 50.2 Å². The Hall–Kier alpha value is -3.40. The van der Waals surface area contributed by atoms with Gasteiger partial charge in [-0.25, -0.2) is 9.67 Å². The Labute approximate surface area is 169 Å². The predicted octanol–water partition coefficient (Wildman–Crippen LogP) is 1.35. The quantitative estimate of drug-likeness (QED) is 0.713. The van der Waals surface area contributed by atoms with Gasteiger partial charge in [-0.1, -0.05) is 0 Å². The highest BCUT2D eigenvalue weighted by Crippen LogP contribution is 2.22. The van der Waals surface area contributed by atoms with Crippen LogP contribution in [-0.4, -0.2) is 67.7 Å². The lowest BCUT2D eigenvalue weighted by Crippen LogP contribution is -2.44. The SMILES string of the molecule is CN1CCN(c2ccc(Nc3nc4n(n3)C=CN(c3cnn(C)c3)C4)cn2)CC1. The van der Waals surface area contributed by atoms with Gasteiger partial charge in [-0.3, -0.25) is 4.68 Å². The molecule has 0 unspecified atom stereocenters. The molecule has 0 radical (unpaired) electrons. The van der Waals surface area contributed by atoms with E-state index in [9.17, 15) is 0 Å². The number of nitrogens with one attached hydrogen (secondary N) is 1. The summed E-state index contributed by atoms with van der Waals surface area (Å²) in [5, 5.41) is 12.0. The lowest BCUT2D eigenvalue weighted by atomic mass is 10.3. The Morgan fingerprint density at radius 2 is 1.86 bits per heavy atom. The Kier molecular flexibility index (Phi) is 4.39. The maximum Gasteiger partial charge on any atom is 0.247 e. The number of likely N-dealkylation sites (N-methyl/N-ethyl adjacent to an activating group) is 1. The molecule has 150 valence electrons. The number of aromatic nitrogens is 6. The van der Waals surface area contributed by atoms with E-state index < -0.39 is 0 Å². The van der Waals surface area contributed by atoms with Gasteiger partial charge < -0.3 is 20.0 Å². The summed E-state index contributed by atoms with van der Waals surface area (Å²) in [6, 6.07) is 4.08. The third kappa shape index (κ3) is 3.66. The van der Waals surface area contributed by atoms with Crippen molar-refractivity contribution in [1.29, 1.82) is 0 Å². The van der Waals surface area contributed by atoms with Crippen molar-refractivity contribution in [2.75, 3.05) is 48.3 Å². The van der Waals surface area contributed by atoms with Gasteiger partial charge in [0.2, 0.25) is 5.95 Å². The Morgan fingerprint density at radius 1 is 1.00 bits per heavy atom. The Balaban J connectivity index is 1.25. The van der Waals surface area contributed by atoms with Crippen molar-refractivity contribution in [3.05, 3.63) is 42.7 Å². The largest absolute Gasteiger partial charge is 0.354 e. The number of fused-ring (bicyclic) bond motifs is 1. The number of pyridine rings is 1. The summed E-state index contributed by atoms with van der Waals surface area (Å²) in [4.78, 5) is 16.0. The van der Waals surface area contributed by atoms with Gasteiger partial charge >= 0.3 is 0 Å². The summed E-state index contributed by atoms with van der Waals surface area (Å²) < 4.78 is 3.58. The van der Waals surface area contributed by atoms with Crippen LogP contribution in [0.4, 0.5) is 23.1 Å². The molecule has 0 saturated carbocycles. The molecule has 5 heterocycles. The van der Waals surface area contributed by atoms with E-state index in [1.165, 1.54) is 0 Å². The van der Waals surface area contributed by atoms with Crippen LogP contribution in [0.1, 0.15) is 5.82 Å². The van der Waals surface area contributed by atoms with Crippen LogP contribution in [0.5, 0.6) is 0 Å². The molecule has 5 rings (SSSR count). The number of rotatable bonds is 4. The van der Waals surface area contributed by atoms with E-state index >= 15 is 0 Å². The molecule has 0 spiro atoms. The molecule has 3 aromatic heterocycles. The number of aryl methyl sites for hydroxylation is 1. The summed E-state index contributed by atoms with van der Waals surface area (Å²) in [5.74, 6) is 2.43. The molecular weight excluding hydrogens is 368 g/mol. The third-order valence-electron chi connectivity index (χ3n) is 5.26. The van der Waals surface area contributed by atoms with Crippen molar-refractivity contribution in [3.8, 4) is 0 Å². The zero-order valence-electron chi connectivity index (χ0n) is 16.6. The normalized spacial score (nSPS) is 16.9. The molecule has 0 aromatic carbocycles. The van der Waals surface area contributed by atoms with Crippen LogP contribution in [0.15, 0.2) is 36.9 Å². The van der Waals surface area contributed by atoms with Crippen molar-refractivity contribution < 1.29 is 0 Å². The van der Waals surface area contributed by atoms with E-state index in [4.69, 9.17) is 0 Å². The third-order valence-corrected chi connectivity index (χ3v) is 5.26. The average Bonchev–Trinajstić information content (AvgIpc) is 3.34. The summed E-state index contributed by atoms with van der Waals surface area (Å²) >= 11 is 0. The molecule has 2 aliphatic heterocycles. The minimum absolute atomic E-state index is 0.562. The number of anilines is 4. The molecule has 10 heteroatoms. The minimum atomic E-state index is 0.562. The minimum Gasteiger partial charge on any atom is -0.354 e. The molecule has 0 bridgehead atoms. The monoisotopic (exact) mass is 392 g/mol. The predicted molar refractivity (Wildman–Crippen MR) is 112 cm³/mol. The standard InChI is InChI=1S/C19H24N10/c1-25-5-7-27(8-6-25)17-4-3-15(11-20-17)22-19-23-18-14-28(9-10-29(18)24-19)16-12-21-26(2)13-16/h3-4,9-13H,5-8,14H2,1-2H3,(H,22,24). The first-order valence-electron chi connectivity index (χ1n) is 9.70. The molecule has 0 amide bonds. The van der Waals surface area contributed by atoms with Gasteiger partial charge in [0, 0.05) is 51.8 Å². The van der Waals surface area contributed by atoms with Crippen molar-refractivity contribution in [1.82, 2.24) is 34.4 Å². The summed E-state index contributed by atoms with van der Waals surface area (Å²) in [6.45, 7) is 4.78. The maximum atomic E-state index is 4.63. The van der Waals surface area contributed by atoms with Crippen LogP contribution in [0, 0.1) is 0 Å². The second-order valence-corrected chi connectivity index (χ2v) is 7.41. The van der Waals surface area contributed by atoms with Crippen LogP contribution in [-0.2, 0) is 13.6 Å². The second-order valence-electron chi connectivity index (χ2n) is 7.41. The van der Waals surface area contributed by atoms with Gasteiger partial charge in [0.1, 0.15) is 5.82 Å². The summed E-state index contributed by atoms with van der Waals surface area (Å²) in [6.07, 6.45) is 9.53. The van der Waals surface area contributed by atoms with Gasteiger partial charge in [0.15, 0.2) is 5.82 Å². The smallest absolute Gasteiger partial charge is 0.247 e. The molecule has 0 aliphatic carbocycles. The maximum absolute atomic E-state index is 4.63. The highest BCUT2D eigenvalue weighted by molar-refractivity contribution is 5.56. The van der Waals surface area contributed by atoms with E-state index in [0.29, 0.717) is 12.5 Å². The second kappa shape index (κ2) is 7.21. The topological polar surface area (TPSA) is 83.2 Å². The Bertz CT molecular complexity index is 1010. The fourth-order valence-electron chi connectivity index (χ4n) is 3.53. The zero-order chi connectivity index (χ0) is 19.8. The van der Waals surface area contributed by atoms with Crippen LogP contribution in [0.25, 0.3) is 6.20 Å². The molecule has 2 aliphatic rings. The van der Waals surface area contributed by atoms with Crippen LogP contribution in [0.3, 0.4) is 0 Å². The van der Waals surface area contributed by atoms with Crippen molar-refractivity contribution in [3.63, 3.8) is 0 Å². The molecular formula is C19H24N10. The molecule has 1 fully saturated rings. The zero-order valence-corrected chi connectivity index (χ0v) is 16.6. The van der Waals surface area contributed by atoms with E-state index in [2.05, 4.69) is 47.2 Å². The van der Waals surface area contributed by atoms with E-state index in [1.54, 1.807) is 9.36 Å². The van der Waals surface area contributed by atoms with Crippen molar-refractivity contribution in [2.45, 2.75) is 6.54 Å². The highest BCUT2D eigenvalue weighted by Gasteiger charge is 2.18. The molecule has 0 atom stereocenters. The van der Waals surface area contributed by atoms with Gasteiger partial charge in [-0.15, -0.1) is 5.10 Å². The molecule has 10 nitrogen and oxygen atoms in total. The average molecular weight is 392 g/mol. The number of piperazine rings is 1. The van der Waals surface area contributed by atoms with Gasteiger partial charge in [-0.2, -0.15) is 10.1 Å². The van der Waals surface area contributed by atoms with Crippen LogP contribution < -0.4 is 15.1 Å². The lowest BCUT2D eigenvalue weighted by molar-refractivity contribution is 0.312. The number of nitrogens with zero attached hydrogens (tertiary/aromatic N) is 9. The van der Waals surface area contributed by atoms with Crippen molar-refractivity contribution >= 4 is 29.3 Å². The molecule has 29 heavy (non-hydrogen) atoms. The fourth-order valence-corrected chi connectivity index (χ4v) is 3.53. The van der Waals surface area contributed by atoms with Crippen molar-refractivity contribution in [2.24, 2.45) is 7.05 Å². The van der Waals surface area contributed by atoms with Gasteiger partial charge in [0.05, 0.1) is 30.3 Å². The first-order chi connectivity index (χ1) is 14.1. The molecule has 1 saturated heterocycles. The van der Waals surface area contributed by atoms with Gasteiger partial charge in [0.25, 0.3) is 0 Å². The number of hydrogen-bond acceptors (Lipinski definition) is 8. The lowest BCUT2D eigenvalue weighted by Gasteiger charge is -2.33. The van der Waals surface area contributed by atoms with E-state index in [-0.39, 0.29) is 0 Å². The first kappa shape index (κ1) is 17.7.